The molecule has 2 heterocycles. The van der Waals surface area contributed by atoms with Crippen molar-refractivity contribution in [1.29, 1.82) is 0 Å². The van der Waals surface area contributed by atoms with E-state index in [2.05, 4.69) is 32.4 Å². The average molecular weight is 354 g/mol. The number of anilines is 1. The molecule has 0 amide bonds. The molecule has 7 heteroatoms. The Bertz CT molecular complexity index is 514. The second kappa shape index (κ2) is 5.67. The molecule has 0 saturated carbocycles. The lowest BCUT2D eigenvalue weighted by Crippen LogP contribution is -2.15. The van der Waals surface area contributed by atoms with E-state index in [1.165, 1.54) is 16.9 Å². The summed E-state index contributed by atoms with van der Waals surface area (Å²) in [6.45, 7) is 0.713. The molecule has 0 aliphatic heterocycles. The fourth-order valence-electron chi connectivity index (χ4n) is 1.35. The maximum atomic E-state index is 9.07. The average Bonchev–Trinajstić information content (AvgIpc) is 2.85. The highest BCUT2D eigenvalue weighted by molar-refractivity contribution is 9.11. The van der Waals surface area contributed by atoms with E-state index in [-0.39, 0.29) is 6.61 Å². The Hall–Kier alpha value is -0.140. The van der Waals surface area contributed by atoms with E-state index < -0.39 is 0 Å². The van der Waals surface area contributed by atoms with Crippen molar-refractivity contribution in [2.75, 3.05) is 11.9 Å². The normalized spacial score (nSPS) is 10.8. The van der Waals surface area contributed by atoms with Gasteiger partial charge in [0.25, 0.3) is 0 Å². The van der Waals surface area contributed by atoms with Crippen molar-refractivity contribution in [2.24, 2.45) is 0 Å². The number of halogens is 2. The largest absolute Gasteiger partial charge is 0.391 e. The molecule has 0 aliphatic rings. The molecule has 2 aromatic heterocycles. The lowest BCUT2D eigenvalue weighted by molar-refractivity contribution is 0.285. The van der Waals surface area contributed by atoms with Crippen LogP contribution in [0.1, 0.15) is 10.4 Å². The first-order valence-electron chi connectivity index (χ1n) is 4.80. The van der Waals surface area contributed by atoms with Crippen LogP contribution in [0.4, 0.5) is 5.13 Å². The lowest BCUT2D eigenvalue weighted by Gasteiger charge is -2.14. The van der Waals surface area contributed by atoms with E-state index in [9.17, 15) is 0 Å². The van der Waals surface area contributed by atoms with Crippen LogP contribution in [-0.2, 0) is 13.2 Å². The Morgan fingerprint density at radius 2 is 2.35 bits per heavy atom. The molecule has 0 saturated heterocycles. The van der Waals surface area contributed by atoms with Gasteiger partial charge in [0, 0.05) is 13.6 Å². The minimum absolute atomic E-state index is 0.0612. The fourth-order valence-corrected chi connectivity index (χ4v) is 3.63. The molecule has 0 spiro atoms. The van der Waals surface area contributed by atoms with Gasteiger partial charge < -0.3 is 10.0 Å². The minimum Gasteiger partial charge on any atom is -0.391 e. The van der Waals surface area contributed by atoms with Crippen LogP contribution in [0.5, 0.6) is 0 Å². The summed E-state index contributed by atoms with van der Waals surface area (Å²) < 4.78 is 1.12. The van der Waals surface area contributed by atoms with Crippen molar-refractivity contribution in [3.8, 4) is 0 Å². The van der Waals surface area contributed by atoms with Gasteiger partial charge in [0.1, 0.15) is 5.15 Å². The summed E-state index contributed by atoms with van der Waals surface area (Å²) >= 11 is 12.4. The van der Waals surface area contributed by atoms with Gasteiger partial charge in [-0.2, -0.15) is 0 Å². The third-order valence-corrected chi connectivity index (χ3v) is 5.28. The second-order valence-electron chi connectivity index (χ2n) is 3.48. The maximum absolute atomic E-state index is 9.07. The summed E-state index contributed by atoms with van der Waals surface area (Å²) in [6, 6.07) is 2.09. The molecule has 0 bridgehead atoms. The zero-order valence-electron chi connectivity index (χ0n) is 8.98. The standard InChI is InChI=1S/C10H10BrClN2OS2/c1-14(3-6-2-8(11)16-5-6)10-13-9(12)7(4-15)17-10/h2,5,15H,3-4H2,1H3. The summed E-state index contributed by atoms with van der Waals surface area (Å²) in [5.41, 5.74) is 1.22. The zero-order chi connectivity index (χ0) is 12.4. The summed E-state index contributed by atoms with van der Waals surface area (Å²) in [6.07, 6.45) is 0. The van der Waals surface area contributed by atoms with E-state index in [1.807, 2.05) is 11.9 Å². The van der Waals surface area contributed by atoms with Crippen molar-refractivity contribution in [3.05, 3.63) is 30.8 Å². The molecule has 0 unspecified atom stereocenters. The molecule has 17 heavy (non-hydrogen) atoms. The van der Waals surface area contributed by atoms with Crippen LogP contribution in [0.25, 0.3) is 0 Å². The Balaban J connectivity index is 2.11. The SMILES string of the molecule is CN(Cc1csc(Br)c1)c1nc(Cl)c(CO)s1. The van der Waals surface area contributed by atoms with Crippen LogP contribution in [0.2, 0.25) is 5.15 Å². The molecule has 2 rings (SSSR count). The van der Waals surface area contributed by atoms with Gasteiger partial charge in [0.2, 0.25) is 0 Å². The highest BCUT2D eigenvalue weighted by atomic mass is 79.9. The molecule has 2 aromatic rings. The van der Waals surface area contributed by atoms with Crippen LogP contribution in [0.3, 0.4) is 0 Å². The number of hydrogen-bond donors (Lipinski definition) is 1. The highest BCUT2D eigenvalue weighted by Gasteiger charge is 2.12. The number of nitrogens with zero attached hydrogens (tertiary/aromatic N) is 2. The van der Waals surface area contributed by atoms with Gasteiger partial charge in [-0.15, -0.1) is 11.3 Å². The molecule has 0 aromatic carbocycles. The van der Waals surface area contributed by atoms with Crippen LogP contribution >= 0.6 is 50.2 Å². The third kappa shape index (κ3) is 3.20. The predicted octanol–water partition coefficient (Wildman–Crippen LogP) is 3.75. The van der Waals surface area contributed by atoms with E-state index >= 15 is 0 Å². The van der Waals surface area contributed by atoms with Crippen molar-refractivity contribution in [1.82, 2.24) is 4.98 Å². The number of thiazole rings is 1. The number of aliphatic hydroxyl groups is 1. The van der Waals surface area contributed by atoms with Crippen LogP contribution in [0, 0.1) is 0 Å². The van der Waals surface area contributed by atoms with Crippen molar-refractivity contribution >= 4 is 55.3 Å². The number of aliphatic hydroxyl groups excluding tert-OH is 1. The van der Waals surface area contributed by atoms with Gasteiger partial charge in [0.05, 0.1) is 15.3 Å². The summed E-state index contributed by atoms with van der Waals surface area (Å²) in [4.78, 5) is 6.95. The van der Waals surface area contributed by atoms with Gasteiger partial charge >= 0.3 is 0 Å². The minimum atomic E-state index is -0.0612. The quantitative estimate of drug-likeness (QED) is 0.909. The molecular formula is C10H10BrClN2OS2. The van der Waals surface area contributed by atoms with Gasteiger partial charge in [0.15, 0.2) is 5.13 Å². The Morgan fingerprint density at radius 1 is 1.59 bits per heavy atom. The van der Waals surface area contributed by atoms with Gasteiger partial charge in [-0.1, -0.05) is 22.9 Å². The third-order valence-electron chi connectivity index (χ3n) is 2.15. The Labute approximate surface area is 121 Å². The zero-order valence-corrected chi connectivity index (χ0v) is 13.0. The maximum Gasteiger partial charge on any atom is 0.187 e. The molecular weight excluding hydrogens is 344 g/mol. The first kappa shape index (κ1) is 13.3. The van der Waals surface area contributed by atoms with Crippen LogP contribution in [-0.4, -0.2) is 17.1 Å². The molecule has 3 nitrogen and oxygen atoms in total. The number of aromatic nitrogens is 1. The van der Waals surface area contributed by atoms with Gasteiger partial charge in [-0.25, -0.2) is 4.98 Å². The number of rotatable bonds is 4. The fraction of sp³-hybridized carbons (Fsp3) is 0.300. The van der Waals surface area contributed by atoms with Crippen molar-refractivity contribution < 1.29 is 5.11 Å². The molecule has 0 fully saturated rings. The summed E-state index contributed by atoms with van der Waals surface area (Å²) in [7, 11) is 1.96. The van der Waals surface area contributed by atoms with Gasteiger partial charge in [-0.05, 0) is 32.9 Å². The molecule has 0 radical (unpaired) electrons. The molecule has 0 aliphatic carbocycles. The number of hydrogen-bond acceptors (Lipinski definition) is 5. The smallest absolute Gasteiger partial charge is 0.187 e. The van der Waals surface area contributed by atoms with Crippen molar-refractivity contribution in [3.63, 3.8) is 0 Å². The Kier molecular flexibility index (Phi) is 4.43. The molecule has 0 atom stereocenters. The van der Waals surface area contributed by atoms with E-state index in [4.69, 9.17) is 16.7 Å². The molecule has 92 valence electrons. The highest BCUT2D eigenvalue weighted by Crippen LogP contribution is 2.30. The summed E-state index contributed by atoms with van der Waals surface area (Å²) in [5.74, 6) is 0. The lowest BCUT2D eigenvalue weighted by atomic mass is 10.3. The first-order valence-corrected chi connectivity index (χ1v) is 7.67. The van der Waals surface area contributed by atoms with Crippen LogP contribution < -0.4 is 4.90 Å². The van der Waals surface area contributed by atoms with Crippen molar-refractivity contribution in [2.45, 2.75) is 13.2 Å². The van der Waals surface area contributed by atoms with Crippen LogP contribution in [0.15, 0.2) is 15.2 Å². The molecule has 1 N–H and O–H groups in total. The van der Waals surface area contributed by atoms with E-state index in [1.54, 1.807) is 11.3 Å². The number of thiophene rings is 1. The summed E-state index contributed by atoms with van der Waals surface area (Å²) in [5, 5.41) is 12.4. The first-order chi connectivity index (χ1) is 8.10. The van der Waals surface area contributed by atoms with Gasteiger partial charge in [-0.3, -0.25) is 0 Å². The monoisotopic (exact) mass is 352 g/mol. The topological polar surface area (TPSA) is 36.4 Å². The Morgan fingerprint density at radius 3 is 2.88 bits per heavy atom. The van der Waals surface area contributed by atoms with E-state index in [0.29, 0.717) is 10.0 Å². The second-order valence-corrected chi connectivity index (χ2v) is 7.19. The predicted molar refractivity (Wildman–Crippen MR) is 77.2 cm³/mol. The van der Waals surface area contributed by atoms with E-state index in [0.717, 1.165) is 15.5 Å².